The molecule has 0 aliphatic carbocycles. The van der Waals surface area contributed by atoms with Crippen LogP contribution in [-0.2, 0) is 4.79 Å². The summed E-state index contributed by atoms with van der Waals surface area (Å²) in [4.78, 5) is 10.3. The maximum absolute atomic E-state index is 10.3. The van der Waals surface area contributed by atoms with Crippen LogP contribution in [0.5, 0.6) is 0 Å². The van der Waals surface area contributed by atoms with E-state index < -0.39 is 12.0 Å². The lowest BCUT2D eigenvalue weighted by molar-refractivity contribution is -0.138. The maximum atomic E-state index is 10.3. The topological polar surface area (TPSA) is 101 Å². The SMILES string of the molecule is CCCCCNC(C)C(=O)O.NN. The van der Waals surface area contributed by atoms with Crippen LogP contribution < -0.4 is 17.0 Å². The van der Waals surface area contributed by atoms with Gasteiger partial charge in [0.1, 0.15) is 6.04 Å². The van der Waals surface area contributed by atoms with Gasteiger partial charge in [-0.05, 0) is 19.9 Å². The van der Waals surface area contributed by atoms with Gasteiger partial charge in [-0.3, -0.25) is 16.5 Å². The van der Waals surface area contributed by atoms with Crippen molar-refractivity contribution in [3.8, 4) is 0 Å². The molecule has 0 bridgehead atoms. The zero-order chi connectivity index (χ0) is 10.7. The molecule has 0 aromatic rings. The van der Waals surface area contributed by atoms with E-state index in [4.69, 9.17) is 5.11 Å². The molecular weight excluding hydrogens is 170 g/mol. The lowest BCUT2D eigenvalue weighted by Gasteiger charge is -2.07. The molecular formula is C8H21N3O2. The number of hydrogen-bond acceptors (Lipinski definition) is 4. The third kappa shape index (κ3) is 11.3. The van der Waals surface area contributed by atoms with Gasteiger partial charge >= 0.3 is 5.97 Å². The summed E-state index contributed by atoms with van der Waals surface area (Å²) in [6.45, 7) is 4.59. The van der Waals surface area contributed by atoms with E-state index in [9.17, 15) is 4.79 Å². The molecule has 0 aliphatic rings. The molecule has 5 heteroatoms. The van der Waals surface area contributed by atoms with E-state index in [1.54, 1.807) is 6.92 Å². The van der Waals surface area contributed by atoms with Crippen LogP contribution in [0.15, 0.2) is 0 Å². The largest absolute Gasteiger partial charge is 0.480 e. The molecule has 0 saturated carbocycles. The molecule has 0 radical (unpaired) electrons. The quantitative estimate of drug-likeness (QED) is 0.270. The fourth-order valence-corrected chi connectivity index (χ4v) is 0.781. The molecule has 6 N–H and O–H groups in total. The van der Waals surface area contributed by atoms with Gasteiger partial charge in [-0.2, -0.15) is 0 Å². The first kappa shape index (κ1) is 14.9. The van der Waals surface area contributed by atoms with Crippen LogP contribution in [0.2, 0.25) is 0 Å². The molecule has 5 nitrogen and oxygen atoms in total. The molecule has 0 spiro atoms. The van der Waals surface area contributed by atoms with E-state index >= 15 is 0 Å². The number of hydrazine groups is 1. The standard InChI is InChI=1S/C8H17NO2.H4N2/c1-3-4-5-6-9-7(2)8(10)11;1-2/h7,9H,3-6H2,1-2H3,(H,10,11);1-2H2. The second-order valence-electron chi connectivity index (χ2n) is 2.72. The summed E-state index contributed by atoms with van der Waals surface area (Å²) in [5, 5.41) is 11.4. The van der Waals surface area contributed by atoms with E-state index in [2.05, 4.69) is 23.9 Å². The predicted octanol–water partition coefficient (Wildman–Crippen LogP) is 0.0581. The Morgan fingerprint density at radius 1 is 1.46 bits per heavy atom. The number of hydrogen-bond donors (Lipinski definition) is 4. The molecule has 1 unspecified atom stereocenters. The Balaban J connectivity index is 0. The second kappa shape index (κ2) is 11.4. The summed E-state index contributed by atoms with van der Waals surface area (Å²) in [5.74, 6) is 7.22. The Labute approximate surface area is 79.5 Å². The lowest BCUT2D eigenvalue weighted by atomic mass is 10.2. The van der Waals surface area contributed by atoms with Crippen molar-refractivity contribution in [3.63, 3.8) is 0 Å². The minimum Gasteiger partial charge on any atom is -0.480 e. The van der Waals surface area contributed by atoms with Crippen molar-refractivity contribution in [1.29, 1.82) is 0 Å². The first-order chi connectivity index (χ1) is 6.18. The number of carbonyl (C=O) groups is 1. The van der Waals surface area contributed by atoms with Crippen molar-refractivity contribution in [1.82, 2.24) is 5.32 Å². The summed E-state index contributed by atoms with van der Waals surface area (Å²) in [6.07, 6.45) is 3.40. The maximum Gasteiger partial charge on any atom is 0.320 e. The average Bonchev–Trinajstić information content (AvgIpc) is 2.15. The second-order valence-corrected chi connectivity index (χ2v) is 2.72. The molecule has 0 fully saturated rings. The zero-order valence-electron chi connectivity index (χ0n) is 8.42. The van der Waals surface area contributed by atoms with Crippen molar-refractivity contribution in [2.45, 2.75) is 39.2 Å². The van der Waals surface area contributed by atoms with Gasteiger partial charge in [-0.25, -0.2) is 0 Å². The molecule has 0 amide bonds. The van der Waals surface area contributed by atoms with Gasteiger partial charge in [0.05, 0.1) is 0 Å². The number of aliphatic carboxylic acids is 1. The fraction of sp³-hybridized carbons (Fsp3) is 0.875. The van der Waals surface area contributed by atoms with E-state index in [1.165, 1.54) is 12.8 Å². The van der Waals surface area contributed by atoms with Crippen LogP contribution in [0, 0.1) is 0 Å². The highest BCUT2D eigenvalue weighted by molar-refractivity contribution is 5.72. The Hall–Kier alpha value is -0.650. The highest BCUT2D eigenvalue weighted by atomic mass is 16.4. The summed E-state index contributed by atoms with van der Waals surface area (Å²) >= 11 is 0. The third-order valence-electron chi connectivity index (χ3n) is 1.60. The summed E-state index contributed by atoms with van der Waals surface area (Å²) in [7, 11) is 0. The minimum atomic E-state index is -0.776. The van der Waals surface area contributed by atoms with Gasteiger partial charge in [0.25, 0.3) is 0 Å². The molecule has 0 aromatic heterocycles. The first-order valence-electron chi connectivity index (χ1n) is 4.48. The smallest absolute Gasteiger partial charge is 0.320 e. The van der Waals surface area contributed by atoms with E-state index in [-0.39, 0.29) is 0 Å². The number of nitrogens with two attached hydrogens (primary N) is 2. The normalized spacial score (nSPS) is 11.4. The molecule has 0 aliphatic heterocycles. The van der Waals surface area contributed by atoms with Crippen molar-refractivity contribution in [2.75, 3.05) is 6.54 Å². The monoisotopic (exact) mass is 191 g/mol. The van der Waals surface area contributed by atoms with Gasteiger partial charge in [-0.15, -0.1) is 0 Å². The highest BCUT2D eigenvalue weighted by Gasteiger charge is 2.07. The van der Waals surface area contributed by atoms with Gasteiger partial charge in [0.2, 0.25) is 0 Å². The van der Waals surface area contributed by atoms with E-state index in [0.29, 0.717) is 0 Å². The van der Waals surface area contributed by atoms with Crippen LogP contribution in [0.25, 0.3) is 0 Å². The van der Waals surface area contributed by atoms with Crippen LogP contribution in [-0.4, -0.2) is 23.7 Å². The van der Waals surface area contributed by atoms with E-state index in [0.717, 1.165) is 13.0 Å². The van der Waals surface area contributed by atoms with Crippen LogP contribution in [0.1, 0.15) is 33.1 Å². The Morgan fingerprint density at radius 2 is 2.00 bits per heavy atom. The van der Waals surface area contributed by atoms with Crippen molar-refractivity contribution in [3.05, 3.63) is 0 Å². The Morgan fingerprint density at radius 3 is 2.38 bits per heavy atom. The van der Waals surface area contributed by atoms with Gasteiger partial charge < -0.3 is 10.4 Å². The van der Waals surface area contributed by atoms with Gasteiger partial charge in [0, 0.05) is 0 Å². The molecule has 0 rings (SSSR count). The molecule has 0 aromatic carbocycles. The summed E-state index contributed by atoms with van der Waals surface area (Å²) < 4.78 is 0. The number of unbranched alkanes of at least 4 members (excludes halogenated alkanes) is 2. The third-order valence-corrected chi connectivity index (χ3v) is 1.60. The lowest BCUT2D eigenvalue weighted by Crippen LogP contribution is -2.34. The average molecular weight is 191 g/mol. The molecule has 13 heavy (non-hydrogen) atoms. The zero-order valence-corrected chi connectivity index (χ0v) is 8.42. The van der Waals surface area contributed by atoms with E-state index in [1.807, 2.05) is 0 Å². The molecule has 0 heterocycles. The van der Waals surface area contributed by atoms with Crippen molar-refractivity contribution in [2.24, 2.45) is 11.7 Å². The Bertz CT molecular complexity index is 120. The van der Waals surface area contributed by atoms with Gasteiger partial charge in [0.15, 0.2) is 0 Å². The first-order valence-corrected chi connectivity index (χ1v) is 4.48. The fourth-order valence-electron chi connectivity index (χ4n) is 0.781. The van der Waals surface area contributed by atoms with Crippen molar-refractivity contribution < 1.29 is 9.90 Å². The molecule has 80 valence electrons. The number of rotatable bonds is 6. The number of carboxylic acid groups (broad SMARTS) is 1. The predicted molar refractivity (Wildman–Crippen MR) is 53.0 cm³/mol. The number of nitrogens with one attached hydrogen (secondary N) is 1. The number of carboxylic acids is 1. The van der Waals surface area contributed by atoms with Crippen LogP contribution in [0.3, 0.4) is 0 Å². The van der Waals surface area contributed by atoms with Crippen molar-refractivity contribution >= 4 is 5.97 Å². The summed E-state index contributed by atoms with van der Waals surface area (Å²) in [5.41, 5.74) is 0. The Kier molecular flexibility index (Phi) is 13.0. The van der Waals surface area contributed by atoms with Crippen LogP contribution >= 0.6 is 0 Å². The molecule has 0 saturated heterocycles. The van der Waals surface area contributed by atoms with Gasteiger partial charge in [-0.1, -0.05) is 19.8 Å². The summed E-state index contributed by atoms with van der Waals surface area (Å²) in [6, 6.07) is -0.410. The highest BCUT2D eigenvalue weighted by Crippen LogP contribution is 1.92. The van der Waals surface area contributed by atoms with Crippen LogP contribution in [0.4, 0.5) is 0 Å². The molecule has 1 atom stereocenters. The minimum absolute atomic E-state index is 0.410.